The van der Waals surface area contributed by atoms with Gasteiger partial charge in [-0.3, -0.25) is 0 Å². The van der Waals surface area contributed by atoms with E-state index in [4.69, 9.17) is 23.9 Å². The van der Waals surface area contributed by atoms with Gasteiger partial charge in [0.1, 0.15) is 29.4 Å². The molecule has 0 saturated carbocycles. The summed E-state index contributed by atoms with van der Waals surface area (Å²) < 4.78 is 23.3. The Morgan fingerprint density at radius 2 is 1.60 bits per heavy atom. The molecule has 1 aromatic carbocycles. The van der Waals surface area contributed by atoms with Crippen molar-refractivity contribution >= 4 is 23.7 Å². The zero-order valence-corrected chi connectivity index (χ0v) is 26.2. The molecule has 0 aliphatic carbocycles. The van der Waals surface area contributed by atoms with Crippen molar-refractivity contribution in [2.75, 3.05) is 31.2 Å². The van der Waals surface area contributed by atoms with Crippen LogP contribution in [0.5, 0.6) is 5.75 Å². The Hall–Kier alpha value is -3.77. The Morgan fingerprint density at radius 1 is 0.930 bits per heavy atom. The SMILES string of the molecule is CC(C)(C)OC(=O)N1CCC(C#Cc2ccc3c(c2)N(C(=O)OC(C)(C)C)c2nccc(C4CCOCC4)c2CO3)CC1. The van der Waals surface area contributed by atoms with Crippen LogP contribution in [-0.4, -0.2) is 59.6 Å². The number of nitrogens with zero attached hydrogens (tertiary/aromatic N) is 3. The number of carbonyl (C=O) groups excluding carboxylic acids is 2. The van der Waals surface area contributed by atoms with Gasteiger partial charge in [0.25, 0.3) is 0 Å². The van der Waals surface area contributed by atoms with Gasteiger partial charge in [-0.1, -0.05) is 11.8 Å². The molecule has 0 radical (unpaired) electrons. The molecule has 43 heavy (non-hydrogen) atoms. The molecule has 5 rings (SSSR count). The summed E-state index contributed by atoms with van der Waals surface area (Å²) in [5.74, 6) is 8.25. The molecule has 0 spiro atoms. The van der Waals surface area contributed by atoms with Crippen LogP contribution in [0.3, 0.4) is 0 Å². The minimum Gasteiger partial charge on any atom is -0.487 e. The number of piperidine rings is 1. The van der Waals surface area contributed by atoms with Crippen molar-refractivity contribution in [3.63, 3.8) is 0 Å². The minimum atomic E-state index is -0.700. The number of pyridine rings is 1. The molecule has 2 amide bonds. The molecular weight excluding hydrogens is 546 g/mol. The average molecular weight is 590 g/mol. The van der Waals surface area contributed by atoms with Crippen LogP contribution in [0.2, 0.25) is 0 Å². The summed E-state index contributed by atoms with van der Waals surface area (Å²) in [5, 5.41) is 0. The average Bonchev–Trinajstić information content (AvgIpc) is 3.11. The van der Waals surface area contributed by atoms with E-state index in [-0.39, 0.29) is 12.0 Å². The summed E-state index contributed by atoms with van der Waals surface area (Å²) in [6, 6.07) is 7.69. The number of ether oxygens (including phenoxy) is 4. The fraction of sp³-hybridized carbons (Fsp3) is 0.559. The van der Waals surface area contributed by atoms with Gasteiger partial charge in [0.05, 0.1) is 5.69 Å². The summed E-state index contributed by atoms with van der Waals surface area (Å²) in [6.45, 7) is 14.1. The monoisotopic (exact) mass is 589 g/mol. The lowest BCUT2D eigenvalue weighted by atomic mass is 9.89. The van der Waals surface area contributed by atoms with Crippen molar-refractivity contribution in [2.45, 2.75) is 91.0 Å². The number of amides is 2. The van der Waals surface area contributed by atoms with Gasteiger partial charge < -0.3 is 23.8 Å². The van der Waals surface area contributed by atoms with Crippen LogP contribution in [0, 0.1) is 17.8 Å². The molecule has 2 saturated heterocycles. The third-order valence-electron chi connectivity index (χ3n) is 7.66. The first kappa shape index (κ1) is 30.7. The van der Waals surface area contributed by atoms with Crippen LogP contribution in [0.1, 0.15) is 89.8 Å². The highest BCUT2D eigenvalue weighted by Gasteiger charge is 2.34. The molecule has 0 atom stereocenters. The predicted molar refractivity (Wildman–Crippen MR) is 164 cm³/mol. The van der Waals surface area contributed by atoms with Gasteiger partial charge >= 0.3 is 12.2 Å². The summed E-state index contributed by atoms with van der Waals surface area (Å²) >= 11 is 0. The second-order valence-corrected chi connectivity index (χ2v) is 13.4. The van der Waals surface area contributed by atoms with E-state index in [9.17, 15) is 9.59 Å². The summed E-state index contributed by atoms with van der Waals surface area (Å²) in [6.07, 6.45) is 4.34. The van der Waals surface area contributed by atoms with E-state index < -0.39 is 17.3 Å². The molecule has 0 N–H and O–H groups in total. The molecule has 4 heterocycles. The molecule has 230 valence electrons. The number of carbonyl (C=O) groups is 2. The number of benzene rings is 1. The van der Waals surface area contributed by atoms with Gasteiger partial charge in [-0.05, 0) is 103 Å². The molecule has 1 aromatic heterocycles. The molecule has 3 aliphatic rings. The van der Waals surface area contributed by atoms with E-state index in [2.05, 4.69) is 11.8 Å². The smallest absolute Gasteiger partial charge is 0.420 e. The van der Waals surface area contributed by atoms with Gasteiger partial charge in [-0.2, -0.15) is 0 Å². The van der Waals surface area contributed by atoms with Gasteiger partial charge in [-0.25, -0.2) is 19.5 Å². The molecule has 0 unspecified atom stereocenters. The largest absolute Gasteiger partial charge is 0.487 e. The third kappa shape index (κ3) is 7.61. The third-order valence-corrected chi connectivity index (χ3v) is 7.66. The quantitative estimate of drug-likeness (QED) is 0.333. The highest BCUT2D eigenvalue weighted by atomic mass is 16.6. The Labute approximate surface area is 254 Å². The van der Waals surface area contributed by atoms with Crippen LogP contribution < -0.4 is 9.64 Å². The second kappa shape index (κ2) is 12.5. The van der Waals surface area contributed by atoms with E-state index >= 15 is 0 Å². The number of hydrogen-bond donors (Lipinski definition) is 0. The number of aromatic nitrogens is 1. The van der Waals surface area contributed by atoms with E-state index in [0.29, 0.717) is 56.1 Å². The Bertz CT molecular complexity index is 1400. The normalized spacial score (nSPS) is 17.9. The first-order valence-corrected chi connectivity index (χ1v) is 15.2. The minimum absolute atomic E-state index is 0.153. The Balaban J connectivity index is 1.42. The van der Waals surface area contributed by atoms with Crippen molar-refractivity contribution < 1.29 is 28.5 Å². The molecular formula is C34H43N3O6. The molecule has 2 aromatic rings. The van der Waals surface area contributed by atoms with Crippen molar-refractivity contribution in [3.05, 3.63) is 47.2 Å². The summed E-state index contributed by atoms with van der Waals surface area (Å²) in [5.41, 5.74) is 2.12. The number of anilines is 2. The molecule has 9 nitrogen and oxygen atoms in total. The number of fused-ring (bicyclic) bond motifs is 2. The maximum atomic E-state index is 13.8. The number of hydrogen-bond acceptors (Lipinski definition) is 7. The summed E-state index contributed by atoms with van der Waals surface area (Å²) in [7, 11) is 0. The van der Waals surface area contributed by atoms with Crippen LogP contribution in [0.25, 0.3) is 0 Å². The topological polar surface area (TPSA) is 90.4 Å². The first-order valence-electron chi connectivity index (χ1n) is 15.2. The maximum absolute atomic E-state index is 13.8. The van der Waals surface area contributed by atoms with Gasteiger partial charge in [0.2, 0.25) is 0 Å². The van der Waals surface area contributed by atoms with Crippen molar-refractivity contribution in [3.8, 4) is 17.6 Å². The number of likely N-dealkylation sites (tertiary alicyclic amines) is 1. The van der Waals surface area contributed by atoms with Crippen molar-refractivity contribution in [1.29, 1.82) is 0 Å². The highest BCUT2D eigenvalue weighted by molar-refractivity contribution is 5.98. The highest BCUT2D eigenvalue weighted by Crippen LogP contribution is 2.43. The van der Waals surface area contributed by atoms with Crippen LogP contribution in [0.15, 0.2) is 30.5 Å². The van der Waals surface area contributed by atoms with E-state index in [1.165, 1.54) is 4.90 Å². The predicted octanol–water partition coefficient (Wildman–Crippen LogP) is 6.94. The molecule has 9 heteroatoms. The Kier molecular flexibility index (Phi) is 8.89. The van der Waals surface area contributed by atoms with Crippen molar-refractivity contribution in [2.24, 2.45) is 5.92 Å². The van der Waals surface area contributed by atoms with Crippen molar-refractivity contribution in [1.82, 2.24) is 9.88 Å². The zero-order valence-electron chi connectivity index (χ0n) is 26.2. The zero-order chi connectivity index (χ0) is 30.8. The van der Waals surface area contributed by atoms with Crippen LogP contribution in [0.4, 0.5) is 21.1 Å². The molecule has 0 bridgehead atoms. The fourth-order valence-electron chi connectivity index (χ4n) is 5.59. The van der Waals surface area contributed by atoms with Gasteiger partial charge in [0.15, 0.2) is 0 Å². The fourth-order valence-corrected chi connectivity index (χ4v) is 5.59. The Morgan fingerprint density at radius 3 is 2.28 bits per heavy atom. The second-order valence-electron chi connectivity index (χ2n) is 13.4. The van der Waals surface area contributed by atoms with E-state index in [1.807, 2.05) is 65.8 Å². The maximum Gasteiger partial charge on any atom is 0.420 e. The standard InChI is InChI=1S/C34H43N3O6/c1-33(2,3)42-31(38)36-17-12-23(13-18-36)7-8-24-9-10-29-28(21-24)37(32(39)43-34(4,5)6)30-27(22-41-29)26(11-16-35-30)25-14-19-40-20-15-25/h9-11,16,21,23,25H,12-15,17-20,22H2,1-6H3. The van der Waals surface area contributed by atoms with Crippen LogP contribution >= 0.6 is 0 Å². The first-order chi connectivity index (χ1) is 20.4. The van der Waals surface area contributed by atoms with Gasteiger partial charge in [0, 0.05) is 49.5 Å². The number of rotatable bonds is 1. The molecule has 3 aliphatic heterocycles. The lowest BCUT2D eigenvalue weighted by molar-refractivity contribution is 0.0199. The van der Waals surface area contributed by atoms with E-state index in [0.717, 1.165) is 42.4 Å². The van der Waals surface area contributed by atoms with Gasteiger partial charge in [-0.15, -0.1) is 0 Å². The lowest BCUT2D eigenvalue weighted by Gasteiger charge is -2.31. The lowest BCUT2D eigenvalue weighted by Crippen LogP contribution is -2.41. The van der Waals surface area contributed by atoms with Crippen LogP contribution in [-0.2, 0) is 20.8 Å². The molecule has 2 fully saturated rings. The van der Waals surface area contributed by atoms with E-state index in [1.54, 1.807) is 11.1 Å². The summed E-state index contributed by atoms with van der Waals surface area (Å²) in [4.78, 5) is 34.2.